The molecule has 0 N–H and O–H groups in total. The van der Waals surface area contributed by atoms with Crippen molar-refractivity contribution in [2.45, 2.75) is 26.2 Å². The van der Waals surface area contributed by atoms with Gasteiger partial charge in [-0.2, -0.15) is 0 Å². The molecule has 25 heavy (non-hydrogen) atoms. The Balaban J connectivity index is 1.86. The lowest BCUT2D eigenvalue weighted by Crippen LogP contribution is -2.07. The van der Waals surface area contributed by atoms with E-state index in [1.165, 1.54) is 0 Å². The number of oxime groups is 1. The van der Waals surface area contributed by atoms with Gasteiger partial charge in [-0.3, -0.25) is 0 Å². The van der Waals surface area contributed by atoms with E-state index >= 15 is 0 Å². The molecule has 0 unspecified atom stereocenters. The number of nitrogens with zero attached hydrogens (tertiary/aromatic N) is 1. The highest BCUT2D eigenvalue weighted by Gasteiger charge is 2.27. The van der Waals surface area contributed by atoms with E-state index in [9.17, 15) is 4.79 Å². The van der Waals surface area contributed by atoms with Gasteiger partial charge < -0.3 is 9.57 Å². The first-order chi connectivity index (χ1) is 12.3. The topological polar surface area (TPSA) is 47.9 Å². The summed E-state index contributed by atoms with van der Waals surface area (Å²) in [6.07, 6.45) is 5.09. The normalized spacial score (nSPS) is 15.2. The Morgan fingerprint density at radius 2 is 1.80 bits per heavy atom. The summed E-state index contributed by atoms with van der Waals surface area (Å²) in [6, 6.07) is 17.2. The van der Waals surface area contributed by atoms with Gasteiger partial charge in [0.05, 0.1) is 12.2 Å². The highest BCUT2D eigenvalue weighted by molar-refractivity contribution is 6.31. The van der Waals surface area contributed by atoms with Crippen molar-refractivity contribution in [2.75, 3.05) is 6.61 Å². The van der Waals surface area contributed by atoms with E-state index in [0.717, 1.165) is 36.1 Å². The molecule has 2 aromatic rings. The molecule has 0 saturated carbocycles. The number of rotatable bonds is 7. The van der Waals surface area contributed by atoms with Crippen LogP contribution in [0.4, 0.5) is 0 Å². The minimum atomic E-state index is -0.445. The predicted octanol–water partition coefficient (Wildman–Crippen LogP) is 4.60. The molecule has 4 nitrogen and oxygen atoms in total. The van der Waals surface area contributed by atoms with Crippen molar-refractivity contribution < 1.29 is 14.4 Å². The van der Waals surface area contributed by atoms with Gasteiger partial charge >= 0.3 is 5.97 Å². The lowest BCUT2D eigenvalue weighted by atomic mass is 10.0. The average Bonchev–Trinajstić information content (AvgIpc) is 3.01. The monoisotopic (exact) mass is 335 g/mol. The zero-order valence-corrected chi connectivity index (χ0v) is 14.3. The number of ether oxygens (including phenoxy) is 1. The summed E-state index contributed by atoms with van der Waals surface area (Å²) in [4.78, 5) is 17.0. The summed E-state index contributed by atoms with van der Waals surface area (Å²) in [5.41, 5.74) is 2.68. The second kappa shape index (κ2) is 8.29. The van der Waals surface area contributed by atoms with Crippen molar-refractivity contribution in [3.8, 4) is 5.75 Å². The summed E-state index contributed by atoms with van der Waals surface area (Å²) in [5.74, 6) is 0.317. The van der Waals surface area contributed by atoms with Crippen molar-refractivity contribution in [3.05, 3.63) is 71.3 Å². The largest absolute Gasteiger partial charge is 0.493 e. The number of hydrogen-bond acceptors (Lipinski definition) is 4. The van der Waals surface area contributed by atoms with E-state index in [0.29, 0.717) is 17.9 Å². The van der Waals surface area contributed by atoms with E-state index in [-0.39, 0.29) is 0 Å². The van der Waals surface area contributed by atoms with Crippen molar-refractivity contribution in [1.82, 2.24) is 0 Å². The molecule has 128 valence electrons. The fraction of sp³-hybridized carbons (Fsp3) is 0.238. The molecule has 0 amide bonds. The van der Waals surface area contributed by atoms with Crippen LogP contribution >= 0.6 is 0 Å². The van der Waals surface area contributed by atoms with Crippen LogP contribution in [0, 0.1) is 0 Å². The minimum Gasteiger partial charge on any atom is -0.493 e. The van der Waals surface area contributed by atoms with Crippen molar-refractivity contribution in [2.24, 2.45) is 5.16 Å². The molecule has 0 radical (unpaired) electrons. The summed E-state index contributed by atoms with van der Waals surface area (Å²) in [6.45, 7) is 2.83. The fourth-order valence-corrected chi connectivity index (χ4v) is 2.63. The molecule has 3 rings (SSSR count). The van der Waals surface area contributed by atoms with Gasteiger partial charge in [0, 0.05) is 11.1 Å². The molecule has 0 aromatic heterocycles. The molecule has 0 saturated heterocycles. The Morgan fingerprint density at radius 1 is 1.04 bits per heavy atom. The predicted molar refractivity (Wildman–Crippen MR) is 98.5 cm³/mol. The summed E-state index contributed by atoms with van der Waals surface area (Å²) in [5, 5.41) is 3.94. The highest BCUT2D eigenvalue weighted by Crippen LogP contribution is 2.25. The van der Waals surface area contributed by atoms with Gasteiger partial charge in [0.2, 0.25) is 0 Å². The van der Waals surface area contributed by atoms with E-state index in [1.807, 2.05) is 54.6 Å². The number of para-hydroxylation sites is 1. The van der Waals surface area contributed by atoms with Gasteiger partial charge in [-0.05, 0) is 18.6 Å². The SMILES string of the molecule is CCCCCOc1ccccc1/C=C1\C(=O)ON=C1c1ccccc1. The molecule has 0 atom stereocenters. The Labute approximate surface area is 147 Å². The number of hydrogen-bond donors (Lipinski definition) is 0. The molecule has 1 aliphatic heterocycles. The van der Waals surface area contributed by atoms with E-state index in [2.05, 4.69) is 12.1 Å². The third-order valence-corrected chi connectivity index (χ3v) is 3.97. The van der Waals surface area contributed by atoms with Crippen LogP contribution in [0.2, 0.25) is 0 Å². The van der Waals surface area contributed by atoms with Crippen molar-refractivity contribution in [1.29, 1.82) is 0 Å². The highest BCUT2D eigenvalue weighted by atomic mass is 16.7. The average molecular weight is 335 g/mol. The molecule has 4 heteroatoms. The van der Waals surface area contributed by atoms with Crippen LogP contribution in [-0.4, -0.2) is 18.3 Å². The van der Waals surface area contributed by atoms with Crippen molar-refractivity contribution in [3.63, 3.8) is 0 Å². The van der Waals surface area contributed by atoms with Gasteiger partial charge in [-0.25, -0.2) is 4.79 Å². The summed E-state index contributed by atoms with van der Waals surface area (Å²) < 4.78 is 5.89. The van der Waals surface area contributed by atoms with Crippen LogP contribution in [0.25, 0.3) is 6.08 Å². The molecular formula is C21H21NO3. The van der Waals surface area contributed by atoms with Crippen molar-refractivity contribution >= 4 is 17.8 Å². The Bertz CT molecular complexity index is 794. The fourth-order valence-electron chi connectivity index (χ4n) is 2.63. The summed E-state index contributed by atoms with van der Waals surface area (Å²) >= 11 is 0. The van der Waals surface area contributed by atoms with Gasteiger partial charge in [0.15, 0.2) is 0 Å². The molecule has 0 fully saturated rings. The van der Waals surface area contributed by atoms with Crippen LogP contribution in [0.15, 0.2) is 65.3 Å². The Kier molecular flexibility index (Phi) is 5.62. The smallest absolute Gasteiger partial charge is 0.368 e. The Hall–Kier alpha value is -2.88. The third kappa shape index (κ3) is 4.15. The molecule has 1 heterocycles. The lowest BCUT2D eigenvalue weighted by molar-refractivity contribution is -0.136. The molecule has 0 aliphatic carbocycles. The zero-order valence-electron chi connectivity index (χ0n) is 14.3. The maximum Gasteiger partial charge on any atom is 0.368 e. The number of benzene rings is 2. The van der Waals surface area contributed by atoms with Crippen LogP contribution in [0.1, 0.15) is 37.3 Å². The first-order valence-corrected chi connectivity index (χ1v) is 8.58. The lowest BCUT2D eigenvalue weighted by Gasteiger charge is -2.09. The number of carbonyl (C=O) groups is 1. The molecule has 0 bridgehead atoms. The van der Waals surface area contributed by atoms with Gasteiger partial charge in [0.25, 0.3) is 0 Å². The first kappa shape index (κ1) is 17.0. The van der Waals surface area contributed by atoms with Crippen LogP contribution in [0.3, 0.4) is 0 Å². The minimum absolute atomic E-state index is 0.441. The molecule has 1 aliphatic rings. The van der Waals surface area contributed by atoms with E-state index in [4.69, 9.17) is 9.57 Å². The van der Waals surface area contributed by atoms with Crippen LogP contribution in [0.5, 0.6) is 5.75 Å². The molecular weight excluding hydrogens is 314 g/mol. The standard InChI is InChI=1S/C21H21NO3/c1-2-3-9-14-24-19-13-8-7-12-17(19)15-18-20(22-25-21(18)23)16-10-5-4-6-11-16/h4-8,10-13,15H,2-3,9,14H2,1H3/b18-15-. The number of unbranched alkanes of at least 4 members (excludes halogenated alkanes) is 2. The maximum atomic E-state index is 12.1. The van der Waals surface area contributed by atoms with Gasteiger partial charge in [-0.1, -0.05) is 73.5 Å². The zero-order chi connectivity index (χ0) is 17.5. The molecule has 0 spiro atoms. The first-order valence-electron chi connectivity index (χ1n) is 8.58. The van der Waals surface area contributed by atoms with Crippen LogP contribution < -0.4 is 4.74 Å². The van der Waals surface area contributed by atoms with E-state index < -0.39 is 5.97 Å². The van der Waals surface area contributed by atoms with Gasteiger partial charge in [-0.15, -0.1) is 0 Å². The van der Waals surface area contributed by atoms with Crippen LogP contribution in [-0.2, 0) is 9.63 Å². The summed E-state index contributed by atoms with van der Waals surface area (Å²) in [7, 11) is 0. The maximum absolute atomic E-state index is 12.1. The van der Waals surface area contributed by atoms with E-state index in [1.54, 1.807) is 6.08 Å². The Morgan fingerprint density at radius 3 is 2.60 bits per heavy atom. The number of carbonyl (C=O) groups excluding carboxylic acids is 1. The second-order valence-corrected chi connectivity index (χ2v) is 5.84. The second-order valence-electron chi connectivity index (χ2n) is 5.84. The van der Waals surface area contributed by atoms with Gasteiger partial charge in [0.1, 0.15) is 11.5 Å². The quantitative estimate of drug-likeness (QED) is 0.422. The molecule has 2 aromatic carbocycles. The third-order valence-electron chi connectivity index (χ3n) is 3.97.